The average molecular weight is 323 g/mol. The molecule has 1 N–H and O–H groups in total. The van der Waals surface area contributed by atoms with Gasteiger partial charge in [0, 0.05) is 16.3 Å². The lowest BCUT2D eigenvalue weighted by atomic mass is 9.99. The fourth-order valence-electron chi connectivity index (χ4n) is 2.71. The second-order valence-corrected chi connectivity index (χ2v) is 8.03. The van der Waals surface area contributed by atoms with E-state index < -0.39 is 10.0 Å². The summed E-state index contributed by atoms with van der Waals surface area (Å²) in [5.41, 5.74) is 1.84. The van der Waals surface area contributed by atoms with Crippen LogP contribution in [-0.4, -0.2) is 19.6 Å². The smallest absolute Gasteiger partial charge is 0.265 e. The van der Waals surface area contributed by atoms with Crippen molar-refractivity contribution in [3.63, 3.8) is 0 Å². The van der Waals surface area contributed by atoms with E-state index in [0.717, 1.165) is 24.1 Å². The minimum absolute atomic E-state index is 0.0672. The SMILES string of the molecule is CC1CCc2ccccc2N1S(=O)(=O)c1csc(CO)c1. The third-order valence-electron chi connectivity index (χ3n) is 3.80. The van der Waals surface area contributed by atoms with Crippen LogP contribution >= 0.6 is 11.3 Å². The van der Waals surface area contributed by atoms with Gasteiger partial charge in [-0.15, -0.1) is 11.3 Å². The zero-order valence-electron chi connectivity index (χ0n) is 11.7. The van der Waals surface area contributed by atoms with Gasteiger partial charge in [-0.3, -0.25) is 4.31 Å². The molecule has 0 spiro atoms. The van der Waals surface area contributed by atoms with Crippen molar-refractivity contribution in [1.29, 1.82) is 0 Å². The zero-order chi connectivity index (χ0) is 15.0. The van der Waals surface area contributed by atoms with Crippen LogP contribution in [0.3, 0.4) is 0 Å². The number of thiophene rings is 1. The third kappa shape index (κ3) is 2.47. The third-order valence-corrected chi connectivity index (χ3v) is 6.78. The predicted molar refractivity (Wildman–Crippen MR) is 84.1 cm³/mol. The van der Waals surface area contributed by atoms with Gasteiger partial charge in [-0.05, 0) is 37.5 Å². The van der Waals surface area contributed by atoms with Crippen LogP contribution in [-0.2, 0) is 23.1 Å². The number of anilines is 1. The van der Waals surface area contributed by atoms with Crippen LogP contribution < -0.4 is 4.31 Å². The number of rotatable bonds is 3. The average Bonchev–Trinajstić information content (AvgIpc) is 2.96. The molecular weight excluding hydrogens is 306 g/mol. The molecule has 0 saturated carbocycles. The molecule has 3 rings (SSSR count). The molecule has 1 aromatic heterocycles. The molecule has 2 heterocycles. The topological polar surface area (TPSA) is 57.6 Å². The summed E-state index contributed by atoms with van der Waals surface area (Å²) in [6.07, 6.45) is 1.71. The van der Waals surface area contributed by atoms with Crippen molar-refractivity contribution in [2.24, 2.45) is 0 Å². The van der Waals surface area contributed by atoms with E-state index in [2.05, 4.69) is 0 Å². The van der Waals surface area contributed by atoms with Crippen LogP contribution in [0.5, 0.6) is 0 Å². The molecule has 0 amide bonds. The van der Waals surface area contributed by atoms with Crippen molar-refractivity contribution in [1.82, 2.24) is 0 Å². The summed E-state index contributed by atoms with van der Waals surface area (Å²) >= 11 is 1.27. The molecule has 1 unspecified atom stereocenters. The Balaban J connectivity index is 2.09. The Hall–Kier alpha value is -1.37. The molecule has 2 aromatic rings. The zero-order valence-corrected chi connectivity index (χ0v) is 13.3. The highest BCUT2D eigenvalue weighted by atomic mass is 32.2. The molecule has 1 atom stereocenters. The first-order valence-electron chi connectivity index (χ1n) is 6.84. The lowest BCUT2D eigenvalue weighted by Crippen LogP contribution is -2.41. The van der Waals surface area contributed by atoms with Gasteiger partial charge in [0.25, 0.3) is 10.0 Å². The maximum atomic E-state index is 12.9. The summed E-state index contributed by atoms with van der Waals surface area (Å²) in [6, 6.07) is 9.14. The van der Waals surface area contributed by atoms with E-state index in [-0.39, 0.29) is 17.5 Å². The first kappa shape index (κ1) is 14.6. The molecule has 0 aliphatic carbocycles. The number of benzene rings is 1. The second-order valence-electron chi connectivity index (χ2n) is 5.22. The summed E-state index contributed by atoms with van der Waals surface area (Å²) in [5, 5.41) is 10.7. The highest BCUT2D eigenvalue weighted by Crippen LogP contribution is 2.36. The highest BCUT2D eigenvalue weighted by molar-refractivity contribution is 7.93. The summed E-state index contributed by atoms with van der Waals surface area (Å²) in [4.78, 5) is 0.923. The molecule has 0 fully saturated rings. The first-order valence-corrected chi connectivity index (χ1v) is 9.16. The van der Waals surface area contributed by atoms with Crippen LogP contribution in [0.2, 0.25) is 0 Å². The summed E-state index contributed by atoms with van der Waals surface area (Å²) in [7, 11) is -3.58. The number of hydrogen-bond acceptors (Lipinski definition) is 4. The fourth-order valence-corrected chi connectivity index (χ4v) is 5.56. The van der Waals surface area contributed by atoms with Crippen molar-refractivity contribution in [3.8, 4) is 0 Å². The number of nitrogens with zero attached hydrogens (tertiary/aromatic N) is 1. The molecule has 112 valence electrons. The van der Waals surface area contributed by atoms with Gasteiger partial charge in [0.2, 0.25) is 0 Å². The molecule has 0 saturated heterocycles. The number of fused-ring (bicyclic) bond motifs is 1. The van der Waals surface area contributed by atoms with Crippen LogP contribution in [0.1, 0.15) is 23.8 Å². The molecule has 1 aliphatic heterocycles. The maximum absolute atomic E-state index is 12.9. The van der Waals surface area contributed by atoms with E-state index >= 15 is 0 Å². The Morgan fingerprint density at radius 3 is 2.86 bits per heavy atom. The van der Waals surface area contributed by atoms with Crippen molar-refractivity contribution in [3.05, 3.63) is 46.2 Å². The largest absolute Gasteiger partial charge is 0.391 e. The number of hydrogen-bond donors (Lipinski definition) is 1. The van der Waals surface area contributed by atoms with Crippen molar-refractivity contribution in [2.75, 3.05) is 4.31 Å². The molecule has 0 radical (unpaired) electrons. The number of aliphatic hydroxyl groups excluding tert-OH is 1. The van der Waals surface area contributed by atoms with Crippen molar-refractivity contribution >= 4 is 27.0 Å². The van der Waals surface area contributed by atoms with Gasteiger partial charge in [-0.25, -0.2) is 8.42 Å². The Bertz CT molecular complexity index is 752. The Morgan fingerprint density at radius 1 is 1.38 bits per heavy atom. The van der Waals surface area contributed by atoms with Crippen LogP contribution in [0, 0.1) is 0 Å². The lowest BCUT2D eigenvalue weighted by molar-refractivity contribution is 0.285. The summed E-state index contributed by atoms with van der Waals surface area (Å²) < 4.78 is 27.4. The molecule has 4 nitrogen and oxygen atoms in total. The second kappa shape index (κ2) is 5.44. The Labute approximate surface area is 128 Å². The van der Waals surface area contributed by atoms with Gasteiger partial charge in [0.05, 0.1) is 17.2 Å². The van der Waals surface area contributed by atoms with Gasteiger partial charge in [0.1, 0.15) is 0 Å². The molecule has 0 bridgehead atoms. The van der Waals surface area contributed by atoms with Crippen LogP contribution in [0.25, 0.3) is 0 Å². The van der Waals surface area contributed by atoms with E-state index in [4.69, 9.17) is 5.11 Å². The van der Waals surface area contributed by atoms with Gasteiger partial charge in [-0.1, -0.05) is 18.2 Å². The molecular formula is C15H17NO3S2. The first-order chi connectivity index (χ1) is 10.0. The van der Waals surface area contributed by atoms with E-state index in [1.807, 2.05) is 31.2 Å². The number of aliphatic hydroxyl groups is 1. The minimum atomic E-state index is -3.58. The normalized spacial score (nSPS) is 18.6. The maximum Gasteiger partial charge on any atom is 0.265 e. The van der Waals surface area contributed by atoms with Crippen molar-refractivity contribution < 1.29 is 13.5 Å². The molecule has 1 aliphatic rings. The quantitative estimate of drug-likeness (QED) is 0.945. The van der Waals surface area contributed by atoms with Crippen LogP contribution in [0.15, 0.2) is 40.6 Å². The highest BCUT2D eigenvalue weighted by Gasteiger charge is 2.34. The Morgan fingerprint density at radius 2 is 2.14 bits per heavy atom. The van der Waals surface area contributed by atoms with E-state index in [9.17, 15) is 8.42 Å². The van der Waals surface area contributed by atoms with E-state index in [1.165, 1.54) is 15.6 Å². The number of para-hydroxylation sites is 1. The fraction of sp³-hybridized carbons (Fsp3) is 0.333. The Kier molecular flexibility index (Phi) is 3.77. The van der Waals surface area contributed by atoms with Gasteiger partial charge < -0.3 is 5.11 Å². The molecule has 1 aromatic carbocycles. The van der Waals surface area contributed by atoms with Gasteiger partial charge in [-0.2, -0.15) is 0 Å². The minimum Gasteiger partial charge on any atom is -0.391 e. The number of aryl methyl sites for hydroxylation is 1. The van der Waals surface area contributed by atoms with Crippen molar-refractivity contribution in [2.45, 2.75) is 37.3 Å². The lowest BCUT2D eigenvalue weighted by Gasteiger charge is -2.35. The van der Waals surface area contributed by atoms with Gasteiger partial charge >= 0.3 is 0 Å². The van der Waals surface area contributed by atoms with Crippen LogP contribution in [0.4, 0.5) is 5.69 Å². The standard InChI is InChI=1S/C15H17NO3S2/c1-11-6-7-12-4-2-3-5-15(12)16(11)21(18,19)14-8-13(9-17)20-10-14/h2-5,8,10-11,17H,6-7,9H2,1H3. The number of sulfonamides is 1. The summed E-state index contributed by atoms with van der Waals surface area (Å²) in [6.45, 7) is 1.80. The summed E-state index contributed by atoms with van der Waals surface area (Å²) in [5.74, 6) is 0. The van der Waals surface area contributed by atoms with E-state index in [0.29, 0.717) is 4.88 Å². The molecule has 6 heteroatoms. The predicted octanol–water partition coefficient (Wildman–Crippen LogP) is 2.77. The monoisotopic (exact) mass is 323 g/mol. The molecule has 21 heavy (non-hydrogen) atoms. The van der Waals surface area contributed by atoms with Gasteiger partial charge in [0.15, 0.2) is 0 Å². The van der Waals surface area contributed by atoms with E-state index in [1.54, 1.807) is 11.4 Å².